The number of benzene rings is 3. The van der Waals surface area contributed by atoms with Gasteiger partial charge in [-0.3, -0.25) is 9.59 Å². The standard InChI is InChI=1S/C23H20N4O2.C2H6/c28-22-15-27(23(29)18-10-9-16-5-1-2-6-17(16)13-18)12-11-26(22)14-21-24-19-7-3-4-8-20(19)25-21;1-2/h1-10,13H,11-12,14-15H2,(H,24,25);1-2H3. The van der Waals surface area contributed by atoms with E-state index in [9.17, 15) is 9.59 Å². The highest BCUT2D eigenvalue weighted by atomic mass is 16.2. The zero-order valence-corrected chi connectivity index (χ0v) is 17.8. The van der Waals surface area contributed by atoms with Crippen LogP contribution in [0.5, 0.6) is 0 Å². The lowest BCUT2D eigenvalue weighted by molar-refractivity contribution is -0.135. The summed E-state index contributed by atoms with van der Waals surface area (Å²) in [6.07, 6.45) is 0. The summed E-state index contributed by atoms with van der Waals surface area (Å²) in [5.41, 5.74) is 2.46. The van der Waals surface area contributed by atoms with Crippen LogP contribution in [0.4, 0.5) is 0 Å². The normalized spacial score (nSPS) is 13.9. The molecule has 0 atom stereocenters. The maximum atomic E-state index is 12.9. The third-order valence-corrected chi connectivity index (χ3v) is 5.38. The summed E-state index contributed by atoms with van der Waals surface area (Å²) < 4.78 is 0. The highest BCUT2D eigenvalue weighted by Gasteiger charge is 2.28. The van der Waals surface area contributed by atoms with Gasteiger partial charge in [0.2, 0.25) is 5.91 Å². The van der Waals surface area contributed by atoms with Crippen molar-refractivity contribution in [3.63, 3.8) is 0 Å². The van der Waals surface area contributed by atoms with Gasteiger partial charge in [0.1, 0.15) is 12.4 Å². The highest BCUT2D eigenvalue weighted by molar-refractivity contribution is 6.00. The van der Waals surface area contributed by atoms with Crippen LogP contribution >= 0.6 is 0 Å². The lowest BCUT2D eigenvalue weighted by atomic mass is 10.1. The van der Waals surface area contributed by atoms with Crippen LogP contribution in [-0.4, -0.2) is 51.2 Å². The van der Waals surface area contributed by atoms with E-state index in [4.69, 9.17) is 0 Å². The number of fused-ring (bicyclic) bond motifs is 2. The second-order valence-electron chi connectivity index (χ2n) is 7.30. The molecule has 0 saturated carbocycles. The molecule has 1 N–H and O–H groups in total. The van der Waals surface area contributed by atoms with Crippen LogP contribution in [0.1, 0.15) is 30.0 Å². The van der Waals surface area contributed by atoms with E-state index in [2.05, 4.69) is 9.97 Å². The smallest absolute Gasteiger partial charge is 0.254 e. The van der Waals surface area contributed by atoms with Crippen molar-refractivity contribution in [1.29, 1.82) is 0 Å². The summed E-state index contributed by atoms with van der Waals surface area (Å²) >= 11 is 0. The molecule has 0 radical (unpaired) electrons. The Hall–Kier alpha value is -3.67. The van der Waals surface area contributed by atoms with Crippen LogP contribution in [0.2, 0.25) is 0 Å². The van der Waals surface area contributed by atoms with Gasteiger partial charge in [-0.1, -0.05) is 56.3 Å². The Morgan fingerprint density at radius 1 is 0.968 bits per heavy atom. The molecule has 1 fully saturated rings. The minimum Gasteiger partial charge on any atom is -0.340 e. The van der Waals surface area contributed by atoms with Crippen molar-refractivity contribution in [1.82, 2.24) is 19.8 Å². The van der Waals surface area contributed by atoms with Crippen molar-refractivity contribution in [2.24, 2.45) is 0 Å². The van der Waals surface area contributed by atoms with Crippen LogP contribution in [0.25, 0.3) is 21.8 Å². The number of imidazole rings is 1. The van der Waals surface area contributed by atoms with E-state index in [0.717, 1.165) is 27.6 Å². The van der Waals surface area contributed by atoms with Crippen molar-refractivity contribution in [3.8, 4) is 0 Å². The number of nitrogens with one attached hydrogen (secondary N) is 1. The second-order valence-corrected chi connectivity index (χ2v) is 7.30. The number of nitrogens with zero attached hydrogens (tertiary/aromatic N) is 3. The van der Waals surface area contributed by atoms with E-state index in [1.807, 2.05) is 80.6 Å². The van der Waals surface area contributed by atoms with Crippen molar-refractivity contribution in [3.05, 3.63) is 78.1 Å². The largest absolute Gasteiger partial charge is 0.340 e. The third kappa shape index (κ3) is 4.28. The van der Waals surface area contributed by atoms with E-state index in [-0.39, 0.29) is 18.4 Å². The van der Waals surface area contributed by atoms with Crippen molar-refractivity contribution >= 4 is 33.6 Å². The number of carbonyl (C=O) groups is 2. The molecule has 0 unspecified atom stereocenters. The average molecular weight is 415 g/mol. The summed E-state index contributed by atoms with van der Waals surface area (Å²) in [5, 5.41) is 2.11. The lowest BCUT2D eigenvalue weighted by Gasteiger charge is -2.34. The Bertz CT molecular complexity index is 1200. The van der Waals surface area contributed by atoms with E-state index >= 15 is 0 Å². The van der Waals surface area contributed by atoms with E-state index in [1.54, 1.807) is 9.80 Å². The first-order valence-electron chi connectivity index (χ1n) is 10.7. The van der Waals surface area contributed by atoms with Crippen LogP contribution in [-0.2, 0) is 11.3 Å². The Labute approximate surface area is 181 Å². The van der Waals surface area contributed by atoms with Gasteiger partial charge in [-0.15, -0.1) is 0 Å². The van der Waals surface area contributed by atoms with Crippen molar-refractivity contribution in [2.45, 2.75) is 20.4 Å². The molecule has 3 aromatic carbocycles. The quantitative estimate of drug-likeness (QED) is 0.546. The number of rotatable bonds is 3. The van der Waals surface area contributed by atoms with Gasteiger partial charge in [-0.05, 0) is 35.0 Å². The molecule has 1 aromatic heterocycles. The third-order valence-electron chi connectivity index (χ3n) is 5.38. The fourth-order valence-corrected chi connectivity index (χ4v) is 3.82. The monoisotopic (exact) mass is 414 g/mol. The van der Waals surface area contributed by atoms with Crippen molar-refractivity contribution in [2.75, 3.05) is 19.6 Å². The van der Waals surface area contributed by atoms with Gasteiger partial charge in [-0.25, -0.2) is 4.98 Å². The van der Waals surface area contributed by atoms with Crippen LogP contribution < -0.4 is 0 Å². The lowest BCUT2D eigenvalue weighted by Crippen LogP contribution is -2.51. The topological polar surface area (TPSA) is 69.3 Å². The molecule has 1 aliphatic heterocycles. The first-order chi connectivity index (χ1) is 15.2. The van der Waals surface area contributed by atoms with Gasteiger partial charge < -0.3 is 14.8 Å². The first kappa shape index (κ1) is 20.6. The molecule has 6 heteroatoms. The molecule has 2 amide bonds. The predicted molar refractivity (Wildman–Crippen MR) is 123 cm³/mol. The molecular formula is C25H26N4O2. The summed E-state index contributed by atoms with van der Waals surface area (Å²) in [7, 11) is 0. The average Bonchev–Trinajstić information content (AvgIpc) is 3.23. The Balaban J connectivity index is 0.00000112. The maximum Gasteiger partial charge on any atom is 0.254 e. The van der Waals surface area contributed by atoms with E-state index < -0.39 is 0 Å². The zero-order chi connectivity index (χ0) is 21.8. The first-order valence-corrected chi connectivity index (χ1v) is 10.7. The molecule has 0 aliphatic carbocycles. The summed E-state index contributed by atoms with van der Waals surface area (Å²) in [6, 6.07) is 21.4. The van der Waals surface area contributed by atoms with Crippen molar-refractivity contribution < 1.29 is 9.59 Å². The number of amides is 2. The molecule has 0 bridgehead atoms. The molecule has 4 aromatic rings. The van der Waals surface area contributed by atoms with E-state index in [1.165, 1.54) is 0 Å². The van der Waals surface area contributed by atoms with Crippen LogP contribution in [0.3, 0.4) is 0 Å². The summed E-state index contributed by atoms with van der Waals surface area (Å²) in [6.45, 7) is 5.52. The molecule has 158 valence electrons. The van der Waals surface area contributed by atoms with Gasteiger partial charge in [-0.2, -0.15) is 0 Å². The number of hydrogen-bond donors (Lipinski definition) is 1. The maximum absolute atomic E-state index is 12.9. The van der Waals surface area contributed by atoms with Crippen LogP contribution in [0, 0.1) is 0 Å². The van der Waals surface area contributed by atoms with Gasteiger partial charge in [0.15, 0.2) is 0 Å². The SMILES string of the molecule is CC.O=C1CN(C(=O)c2ccc3ccccc3c2)CCN1Cc1nc2ccccc2[nH]1. The number of hydrogen-bond acceptors (Lipinski definition) is 3. The minimum atomic E-state index is -0.104. The molecule has 1 aliphatic rings. The van der Waals surface area contributed by atoms with Gasteiger partial charge in [0, 0.05) is 18.7 Å². The number of piperazine rings is 1. The minimum absolute atomic E-state index is 0.0640. The molecule has 2 heterocycles. The molecular weight excluding hydrogens is 388 g/mol. The fourth-order valence-electron chi connectivity index (χ4n) is 3.82. The zero-order valence-electron chi connectivity index (χ0n) is 17.8. The number of H-pyrrole nitrogens is 1. The molecule has 6 nitrogen and oxygen atoms in total. The molecule has 1 saturated heterocycles. The fraction of sp³-hybridized carbons (Fsp3) is 0.240. The van der Waals surface area contributed by atoms with E-state index in [0.29, 0.717) is 25.2 Å². The number of aromatic nitrogens is 2. The molecule has 5 rings (SSSR count). The summed E-state index contributed by atoms with van der Waals surface area (Å²) in [5.74, 6) is 0.590. The van der Waals surface area contributed by atoms with Crippen LogP contribution in [0.15, 0.2) is 66.7 Å². The summed E-state index contributed by atoms with van der Waals surface area (Å²) in [4.78, 5) is 36.7. The second kappa shape index (κ2) is 9.00. The predicted octanol–water partition coefficient (Wildman–Crippen LogP) is 4.23. The van der Waals surface area contributed by atoms with Gasteiger partial charge in [0.05, 0.1) is 17.6 Å². The Kier molecular flexibility index (Phi) is 5.98. The highest BCUT2D eigenvalue weighted by Crippen LogP contribution is 2.19. The number of aromatic amines is 1. The molecule has 0 spiro atoms. The van der Waals surface area contributed by atoms with Gasteiger partial charge in [0.25, 0.3) is 5.91 Å². The van der Waals surface area contributed by atoms with Gasteiger partial charge >= 0.3 is 0 Å². The molecule has 31 heavy (non-hydrogen) atoms. The Morgan fingerprint density at radius 2 is 1.71 bits per heavy atom. The number of para-hydroxylation sites is 2. The Morgan fingerprint density at radius 3 is 2.48 bits per heavy atom. The number of carbonyl (C=O) groups excluding carboxylic acids is 2.